The Balaban J connectivity index is 1.77. The van der Waals surface area contributed by atoms with Gasteiger partial charge in [-0.15, -0.1) is 10.2 Å². The predicted molar refractivity (Wildman–Crippen MR) is 127 cm³/mol. The lowest BCUT2D eigenvalue weighted by molar-refractivity contribution is 0.171. The van der Waals surface area contributed by atoms with Gasteiger partial charge in [0.05, 0.1) is 24.7 Å². The van der Waals surface area contributed by atoms with Crippen molar-refractivity contribution < 1.29 is 22.7 Å². The van der Waals surface area contributed by atoms with Gasteiger partial charge in [-0.05, 0) is 49.7 Å². The molecule has 0 aliphatic heterocycles. The maximum Gasteiger partial charge on any atom is 0.243 e. The molecule has 3 heterocycles. The fourth-order valence-electron chi connectivity index (χ4n) is 3.45. The maximum atomic E-state index is 13.2. The summed E-state index contributed by atoms with van der Waals surface area (Å²) in [4.78, 5) is 7.98. The van der Waals surface area contributed by atoms with E-state index in [9.17, 15) is 17.9 Å². The smallest absolute Gasteiger partial charge is 0.243 e. The maximum absolute atomic E-state index is 13.2. The molecule has 0 aliphatic rings. The molecule has 1 aromatic carbocycles. The highest BCUT2D eigenvalue weighted by Crippen LogP contribution is 2.32. The number of halogens is 1. The molecule has 0 amide bonds. The number of methoxy groups -OCH3 is 1. The Morgan fingerprint density at radius 1 is 1.11 bits per heavy atom. The van der Waals surface area contributed by atoms with Gasteiger partial charge >= 0.3 is 0 Å². The average molecular weight is 499 g/mol. The Bertz CT molecular complexity index is 1440. The minimum atomic E-state index is -4.21. The summed E-state index contributed by atoms with van der Waals surface area (Å²) < 4.78 is 49.0. The number of pyridine rings is 2. The van der Waals surface area contributed by atoms with Crippen LogP contribution in [0.3, 0.4) is 0 Å². The molecular weight excluding hydrogens is 475 g/mol. The molecule has 10 nitrogen and oxygen atoms in total. The summed E-state index contributed by atoms with van der Waals surface area (Å²) in [6.07, 6.45) is 2.67. The Hall–Kier alpha value is -3.90. The Kier molecular flexibility index (Phi) is 6.76. The monoisotopic (exact) mass is 498 g/mol. The number of benzene rings is 1. The van der Waals surface area contributed by atoms with E-state index >= 15 is 0 Å². The summed E-state index contributed by atoms with van der Waals surface area (Å²) in [6, 6.07) is 11.2. The number of aromatic nitrogens is 5. The van der Waals surface area contributed by atoms with Crippen molar-refractivity contribution in [2.75, 3.05) is 11.8 Å². The van der Waals surface area contributed by atoms with E-state index in [2.05, 4.69) is 24.9 Å². The standard InChI is InChI=1S/C23H23FN6O4S/c1-14-10-16(12-25-11-14)22-27-28-23(30(22)19-6-4-5-7-20(19)34-3)29-35(32,33)15(2)21(31)18-9-8-17(24)13-26-18/h4-13,15,21,31H,1-3H3,(H,28,29)/t15-,21+/m1/s1. The fourth-order valence-corrected chi connectivity index (χ4v) is 4.50. The second kappa shape index (κ2) is 9.76. The third-order valence-electron chi connectivity index (χ3n) is 5.34. The van der Waals surface area contributed by atoms with Crippen molar-refractivity contribution in [2.45, 2.75) is 25.2 Å². The number of aliphatic hydroxyl groups is 1. The lowest BCUT2D eigenvalue weighted by Crippen LogP contribution is -2.32. The van der Waals surface area contributed by atoms with Crippen molar-refractivity contribution in [1.29, 1.82) is 0 Å². The first-order chi connectivity index (χ1) is 16.7. The normalized spacial score (nSPS) is 13.3. The molecule has 0 fully saturated rings. The molecule has 3 aromatic heterocycles. The van der Waals surface area contributed by atoms with Crippen LogP contribution in [0, 0.1) is 12.7 Å². The molecule has 0 saturated carbocycles. The van der Waals surface area contributed by atoms with Crippen LogP contribution < -0.4 is 9.46 Å². The molecule has 182 valence electrons. The van der Waals surface area contributed by atoms with Gasteiger partial charge in [0, 0.05) is 18.0 Å². The van der Waals surface area contributed by atoms with E-state index in [1.165, 1.54) is 24.7 Å². The lowest BCUT2D eigenvalue weighted by atomic mass is 10.2. The number of aliphatic hydroxyl groups excluding tert-OH is 1. The molecule has 0 aliphatic carbocycles. The lowest BCUT2D eigenvalue weighted by Gasteiger charge is -2.20. The number of nitrogens with zero attached hydrogens (tertiary/aromatic N) is 5. The van der Waals surface area contributed by atoms with E-state index in [-0.39, 0.29) is 11.6 Å². The summed E-state index contributed by atoms with van der Waals surface area (Å²) in [7, 11) is -2.72. The number of hydrogen-bond donors (Lipinski definition) is 2. The van der Waals surface area contributed by atoms with Crippen molar-refractivity contribution in [2.24, 2.45) is 0 Å². The largest absolute Gasteiger partial charge is 0.495 e. The van der Waals surface area contributed by atoms with Crippen molar-refractivity contribution in [3.05, 3.63) is 78.1 Å². The SMILES string of the molecule is COc1ccccc1-n1c(NS(=O)(=O)[C@H](C)[C@H](O)c2ccc(F)cn2)nnc1-c1cncc(C)c1. The molecule has 0 spiro atoms. The van der Waals surface area contributed by atoms with Crippen LogP contribution in [0.4, 0.5) is 10.3 Å². The van der Waals surface area contributed by atoms with Gasteiger partial charge in [0.2, 0.25) is 16.0 Å². The van der Waals surface area contributed by atoms with Gasteiger partial charge < -0.3 is 9.84 Å². The van der Waals surface area contributed by atoms with Crippen LogP contribution in [-0.4, -0.2) is 50.6 Å². The third kappa shape index (κ3) is 4.98. The number of rotatable bonds is 8. The Labute approximate surface area is 201 Å². The summed E-state index contributed by atoms with van der Waals surface area (Å²) >= 11 is 0. The van der Waals surface area contributed by atoms with E-state index in [1.807, 2.05) is 13.0 Å². The highest BCUT2D eigenvalue weighted by Gasteiger charge is 2.32. The Morgan fingerprint density at radius 2 is 1.89 bits per heavy atom. The molecule has 4 aromatic rings. The van der Waals surface area contributed by atoms with E-state index in [0.717, 1.165) is 17.8 Å². The van der Waals surface area contributed by atoms with E-state index in [0.29, 0.717) is 22.8 Å². The summed E-state index contributed by atoms with van der Waals surface area (Å²) in [5, 5.41) is 17.5. The zero-order valence-electron chi connectivity index (χ0n) is 19.1. The minimum Gasteiger partial charge on any atom is -0.495 e. The fraction of sp³-hybridized carbons (Fsp3) is 0.217. The first-order valence-electron chi connectivity index (χ1n) is 10.5. The topological polar surface area (TPSA) is 132 Å². The number of anilines is 1. The average Bonchev–Trinajstić information content (AvgIpc) is 3.26. The number of aryl methyl sites for hydroxylation is 1. The number of hydrogen-bond acceptors (Lipinski definition) is 8. The van der Waals surface area contributed by atoms with Crippen molar-refractivity contribution in [1.82, 2.24) is 24.7 Å². The van der Waals surface area contributed by atoms with Gasteiger partial charge in [-0.25, -0.2) is 12.8 Å². The summed E-state index contributed by atoms with van der Waals surface area (Å²) in [5.41, 5.74) is 1.99. The van der Waals surface area contributed by atoms with Crippen LogP contribution in [0.25, 0.3) is 17.1 Å². The van der Waals surface area contributed by atoms with Gasteiger partial charge in [0.15, 0.2) is 5.82 Å². The van der Waals surface area contributed by atoms with E-state index in [1.54, 1.807) is 36.7 Å². The van der Waals surface area contributed by atoms with E-state index < -0.39 is 27.2 Å². The quantitative estimate of drug-likeness (QED) is 0.379. The second-order valence-corrected chi connectivity index (χ2v) is 9.84. The van der Waals surface area contributed by atoms with Crippen LogP contribution in [0.5, 0.6) is 5.75 Å². The molecule has 0 saturated heterocycles. The van der Waals surface area contributed by atoms with Crippen LogP contribution in [-0.2, 0) is 10.0 Å². The van der Waals surface area contributed by atoms with Crippen molar-refractivity contribution in [3.63, 3.8) is 0 Å². The molecule has 0 radical (unpaired) electrons. The highest BCUT2D eigenvalue weighted by molar-refractivity contribution is 7.93. The van der Waals surface area contributed by atoms with Gasteiger partial charge in [-0.3, -0.25) is 19.3 Å². The highest BCUT2D eigenvalue weighted by atomic mass is 32.2. The molecule has 35 heavy (non-hydrogen) atoms. The molecule has 0 bridgehead atoms. The minimum absolute atomic E-state index is 0.0157. The van der Waals surface area contributed by atoms with Crippen LogP contribution in [0.15, 0.2) is 61.1 Å². The third-order valence-corrected chi connectivity index (χ3v) is 7.05. The van der Waals surface area contributed by atoms with E-state index in [4.69, 9.17) is 4.74 Å². The van der Waals surface area contributed by atoms with Gasteiger partial charge in [-0.2, -0.15) is 0 Å². The molecule has 2 N–H and O–H groups in total. The predicted octanol–water partition coefficient (Wildman–Crippen LogP) is 3.04. The zero-order chi connectivity index (χ0) is 25.2. The molecule has 4 rings (SSSR count). The molecule has 12 heteroatoms. The van der Waals surface area contributed by atoms with Crippen LogP contribution >= 0.6 is 0 Å². The molecular formula is C23H23FN6O4S. The first-order valence-corrected chi connectivity index (χ1v) is 12.1. The number of nitrogens with one attached hydrogen (secondary N) is 1. The number of para-hydroxylation sites is 2. The first kappa shape index (κ1) is 24.2. The van der Waals surface area contributed by atoms with Crippen LogP contribution in [0.2, 0.25) is 0 Å². The summed E-state index contributed by atoms with van der Waals surface area (Å²) in [5.74, 6) is 0.0739. The summed E-state index contributed by atoms with van der Waals surface area (Å²) in [6.45, 7) is 3.18. The van der Waals surface area contributed by atoms with Crippen LogP contribution in [0.1, 0.15) is 24.3 Å². The van der Waals surface area contributed by atoms with Gasteiger partial charge in [0.25, 0.3) is 0 Å². The Morgan fingerprint density at radius 3 is 2.57 bits per heavy atom. The molecule has 0 unspecified atom stereocenters. The molecule has 2 atom stereocenters. The number of ether oxygens (including phenoxy) is 1. The van der Waals surface area contributed by atoms with Crippen molar-refractivity contribution in [3.8, 4) is 22.8 Å². The van der Waals surface area contributed by atoms with Gasteiger partial charge in [0.1, 0.15) is 22.9 Å². The zero-order valence-corrected chi connectivity index (χ0v) is 19.9. The number of sulfonamides is 1. The van der Waals surface area contributed by atoms with Gasteiger partial charge in [-0.1, -0.05) is 12.1 Å². The van der Waals surface area contributed by atoms with Crippen molar-refractivity contribution >= 4 is 16.0 Å². The second-order valence-electron chi connectivity index (χ2n) is 7.80.